The van der Waals surface area contributed by atoms with Crippen molar-refractivity contribution >= 4 is 0 Å². The molecule has 0 saturated carbocycles. The number of hydrogen-bond acceptors (Lipinski definition) is 2. The smallest absolute Gasteiger partial charge is 0.127 e. The highest BCUT2D eigenvalue weighted by Crippen LogP contribution is 2.35. The van der Waals surface area contributed by atoms with Gasteiger partial charge < -0.3 is 10.5 Å². The van der Waals surface area contributed by atoms with Crippen molar-refractivity contribution in [1.82, 2.24) is 0 Å². The van der Waals surface area contributed by atoms with Gasteiger partial charge in [-0.2, -0.15) is 0 Å². The molecule has 0 aliphatic heterocycles. The first-order chi connectivity index (χ1) is 10.7. The standard InChI is InChI=1S/C20H21NO/c1-2-20(21)15-7-6-10-19(20)16-11-13-18(14-12-16)22-17-8-4-3-5-9-17/h3-15,19H,2,21H2,1H3. The molecule has 2 nitrogen and oxygen atoms in total. The number of ether oxygens (including phenoxy) is 1. The number of benzene rings is 2. The van der Waals surface area contributed by atoms with Crippen LogP contribution in [0.15, 0.2) is 78.9 Å². The van der Waals surface area contributed by atoms with Crippen LogP contribution in [0.3, 0.4) is 0 Å². The van der Waals surface area contributed by atoms with E-state index in [2.05, 4.69) is 37.3 Å². The fourth-order valence-electron chi connectivity index (χ4n) is 2.82. The van der Waals surface area contributed by atoms with Crippen LogP contribution in [0.1, 0.15) is 24.8 Å². The highest BCUT2D eigenvalue weighted by atomic mass is 16.5. The first-order valence-electron chi connectivity index (χ1n) is 7.69. The van der Waals surface area contributed by atoms with Gasteiger partial charge in [-0.15, -0.1) is 0 Å². The lowest BCUT2D eigenvalue weighted by Crippen LogP contribution is -2.43. The average Bonchev–Trinajstić information content (AvgIpc) is 2.57. The van der Waals surface area contributed by atoms with Gasteiger partial charge >= 0.3 is 0 Å². The van der Waals surface area contributed by atoms with Gasteiger partial charge in [0.05, 0.1) is 0 Å². The van der Waals surface area contributed by atoms with Crippen molar-refractivity contribution in [3.8, 4) is 11.5 Å². The van der Waals surface area contributed by atoms with Gasteiger partial charge in [-0.1, -0.05) is 61.6 Å². The van der Waals surface area contributed by atoms with Crippen molar-refractivity contribution in [2.75, 3.05) is 0 Å². The SMILES string of the molecule is CCC1(N)C=CC=CC1c1ccc(Oc2ccccc2)cc1. The first-order valence-corrected chi connectivity index (χ1v) is 7.69. The molecule has 0 aromatic heterocycles. The quantitative estimate of drug-likeness (QED) is 0.878. The second-order valence-electron chi connectivity index (χ2n) is 5.67. The molecule has 3 rings (SSSR count). The van der Waals surface area contributed by atoms with E-state index in [0.29, 0.717) is 0 Å². The molecule has 0 radical (unpaired) electrons. The molecular weight excluding hydrogens is 270 g/mol. The fraction of sp³-hybridized carbons (Fsp3) is 0.200. The Kier molecular flexibility index (Phi) is 4.12. The monoisotopic (exact) mass is 291 g/mol. The van der Waals surface area contributed by atoms with E-state index in [0.717, 1.165) is 17.9 Å². The molecule has 1 aliphatic rings. The molecule has 0 amide bonds. The molecule has 0 heterocycles. The van der Waals surface area contributed by atoms with Crippen LogP contribution in [0.5, 0.6) is 11.5 Å². The molecule has 0 saturated heterocycles. The zero-order chi connectivity index (χ0) is 15.4. The zero-order valence-corrected chi connectivity index (χ0v) is 12.8. The van der Waals surface area contributed by atoms with Gasteiger partial charge in [0.25, 0.3) is 0 Å². The molecule has 0 bridgehead atoms. The summed E-state index contributed by atoms with van der Waals surface area (Å²) in [4.78, 5) is 0. The molecule has 2 aromatic rings. The predicted octanol–water partition coefficient (Wildman–Crippen LogP) is 4.80. The van der Waals surface area contributed by atoms with Gasteiger partial charge in [-0.05, 0) is 36.2 Å². The third kappa shape index (κ3) is 2.97. The van der Waals surface area contributed by atoms with Gasteiger partial charge in [0.15, 0.2) is 0 Å². The van der Waals surface area contributed by atoms with Crippen molar-refractivity contribution in [2.45, 2.75) is 24.8 Å². The number of para-hydroxylation sites is 1. The Morgan fingerprint density at radius 1 is 0.955 bits per heavy atom. The van der Waals surface area contributed by atoms with Crippen LogP contribution in [-0.2, 0) is 0 Å². The van der Waals surface area contributed by atoms with Gasteiger partial charge in [0, 0.05) is 11.5 Å². The maximum Gasteiger partial charge on any atom is 0.127 e. The highest BCUT2D eigenvalue weighted by molar-refractivity contribution is 5.40. The van der Waals surface area contributed by atoms with Gasteiger partial charge in [0.2, 0.25) is 0 Å². The lowest BCUT2D eigenvalue weighted by molar-refractivity contribution is 0.455. The van der Waals surface area contributed by atoms with Crippen LogP contribution in [0.2, 0.25) is 0 Å². The van der Waals surface area contributed by atoms with Crippen LogP contribution >= 0.6 is 0 Å². The lowest BCUT2D eigenvalue weighted by Gasteiger charge is -2.34. The van der Waals surface area contributed by atoms with E-state index in [1.165, 1.54) is 5.56 Å². The summed E-state index contributed by atoms with van der Waals surface area (Å²) in [7, 11) is 0. The summed E-state index contributed by atoms with van der Waals surface area (Å²) in [5.41, 5.74) is 7.43. The fourth-order valence-corrected chi connectivity index (χ4v) is 2.82. The van der Waals surface area contributed by atoms with Crippen molar-refractivity contribution in [1.29, 1.82) is 0 Å². The Morgan fingerprint density at radius 2 is 1.64 bits per heavy atom. The van der Waals surface area contributed by atoms with E-state index in [1.807, 2.05) is 48.5 Å². The molecule has 2 atom stereocenters. The minimum Gasteiger partial charge on any atom is -0.457 e. The molecule has 22 heavy (non-hydrogen) atoms. The van der Waals surface area contributed by atoms with Gasteiger partial charge in [0.1, 0.15) is 11.5 Å². The zero-order valence-electron chi connectivity index (χ0n) is 12.8. The summed E-state index contributed by atoms with van der Waals surface area (Å²) in [6.07, 6.45) is 9.29. The molecule has 2 aromatic carbocycles. The molecule has 2 unspecified atom stereocenters. The molecule has 0 spiro atoms. The number of nitrogens with two attached hydrogens (primary N) is 1. The normalized spacial score (nSPS) is 23.5. The van der Waals surface area contributed by atoms with E-state index < -0.39 is 0 Å². The van der Waals surface area contributed by atoms with Crippen LogP contribution in [0.25, 0.3) is 0 Å². The molecule has 1 aliphatic carbocycles. The first kappa shape index (κ1) is 14.6. The Balaban J connectivity index is 1.79. The van der Waals surface area contributed by atoms with E-state index in [-0.39, 0.29) is 11.5 Å². The van der Waals surface area contributed by atoms with E-state index in [4.69, 9.17) is 10.5 Å². The average molecular weight is 291 g/mol. The number of rotatable bonds is 4. The predicted molar refractivity (Wildman–Crippen MR) is 91.2 cm³/mol. The Bertz CT molecular complexity index is 673. The summed E-state index contributed by atoms with van der Waals surface area (Å²) in [5.74, 6) is 1.88. The van der Waals surface area contributed by atoms with E-state index >= 15 is 0 Å². The van der Waals surface area contributed by atoms with Crippen LogP contribution < -0.4 is 10.5 Å². The highest BCUT2D eigenvalue weighted by Gasteiger charge is 2.31. The third-order valence-electron chi connectivity index (χ3n) is 4.23. The van der Waals surface area contributed by atoms with E-state index in [9.17, 15) is 0 Å². The Morgan fingerprint density at radius 3 is 2.32 bits per heavy atom. The molecule has 112 valence electrons. The minimum absolute atomic E-state index is 0.202. The Labute approximate surface area is 131 Å². The maximum atomic E-state index is 6.53. The number of hydrogen-bond donors (Lipinski definition) is 1. The van der Waals surface area contributed by atoms with Crippen LogP contribution in [0, 0.1) is 0 Å². The molecular formula is C20H21NO. The van der Waals surface area contributed by atoms with E-state index in [1.54, 1.807) is 0 Å². The largest absolute Gasteiger partial charge is 0.457 e. The Hall–Kier alpha value is -2.32. The van der Waals surface area contributed by atoms with Gasteiger partial charge in [-0.3, -0.25) is 0 Å². The molecule has 0 fully saturated rings. The van der Waals surface area contributed by atoms with Crippen molar-refractivity contribution in [3.63, 3.8) is 0 Å². The molecule has 2 N–H and O–H groups in total. The summed E-state index contributed by atoms with van der Waals surface area (Å²) in [6, 6.07) is 18.0. The maximum absolute atomic E-state index is 6.53. The van der Waals surface area contributed by atoms with Crippen molar-refractivity contribution in [2.24, 2.45) is 5.73 Å². The second kappa shape index (κ2) is 6.20. The van der Waals surface area contributed by atoms with Crippen LogP contribution in [-0.4, -0.2) is 5.54 Å². The number of allylic oxidation sites excluding steroid dienone is 2. The van der Waals surface area contributed by atoms with Crippen molar-refractivity contribution in [3.05, 3.63) is 84.5 Å². The summed E-state index contributed by atoms with van der Waals surface area (Å²) >= 11 is 0. The lowest BCUT2D eigenvalue weighted by atomic mass is 9.75. The third-order valence-corrected chi connectivity index (χ3v) is 4.23. The van der Waals surface area contributed by atoms with Crippen molar-refractivity contribution < 1.29 is 4.74 Å². The second-order valence-corrected chi connectivity index (χ2v) is 5.67. The van der Waals surface area contributed by atoms with Crippen LogP contribution in [0.4, 0.5) is 0 Å². The summed E-state index contributed by atoms with van der Waals surface area (Å²) in [6.45, 7) is 2.13. The van der Waals surface area contributed by atoms with Gasteiger partial charge in [-0.25, -0.2) is 0 Å². The molecule has 2 heteroatoms. The topological polar surface area (TPSA) is 35.2 Å². The summed E-state index contributed by atoms with van der Waals surface area (Å²) in [5, 5.41) is 0. The summed E-state index contributed by atoms with van der Waals surface area (Å²) < 4.78 is 5.84. The minimum atomic E-state index is -0.309.